The fourth-order valence-corrected chi connectivity index (χ4v) is 1.72. The monoisotopic (exact) mass is 187 g/mol. The SMILES string of the molecule is COCCCCN1CCC(O)CC1. The Bertz CT molecular complexity index is 122. The third kappa shape index (κ3) is 4.60. The van der Waals surface area contributed by atoms with Crippen LogP contribution in [0.5, 0.6) is 0 Å². The predicted octanol–water partition coefficient (Wildman–Crippen LogP) is 0.870. The predicted molar refractivity (Wildman–Crippen MR) is 52.8 cm³/mol. The highest BCUT2D eigenvalue weighted by Crippen LogP contribution is 2.10. The smallest absolute Gasteiger partial charge is 0.0564 e. The zero-order valence-corrected chi connectivity index (χ0v) is 8.54. The zero-order valence-electron chi connectivity index (χ0n) is 8.54. The maximum Gasteiger partial charge on any atom is 0.0564 e. The molecule has 1 N–H and O–H groups in total. The third-order valence-corrected chi connectivity index (χ3v) is 2.63. The molecule has 0 saturated carbocycles. The van der Waals surface area contributed by atoms with Gasteiger partial charge in [0.15, 0.2) is 0 Å². The fourth-order valence-electron chi connectivity index (χ4n) is 1.72. The van der Waals surface area contributed by atoms with Gasteiger partial charge in [-0.05, 0) is 32.2 Å². The molecule has 0 aliphatic carbocycles. The van der Waals surface area contributed by atoms with Gasteiger partial charge in [0.25, 0.3) is 0 Å². The average Bonchev–Trinajstić information content (AvgIpc) is 2.15. The zero-order chi connectivity index (χ0) is 9.52. The van der Waals surface area contributed by atoms with Crippen LogP contribution < -0.4 is 0 Å². The average molecular weight is 187 g/mol. The molecule has 78 valence electrons. The van der Waals surface area contributed by atoms with Crippen LogP contribution in [0.1, 0.15) is 25.7 Å². The van der Waals surface area contributed by atoms with E-state index in [1.54, 1.807) is 7.11 Å². The van der Waals surface area contributed by atoms with E-state index in [2.05, 4.69) is 4.90 Å². The van der Waals surface area contributed by atoms with Crippen LogP contribution >= 0.6 is 0 Å². The number of likely N-dealkylation sites (tertiary alicyclic amines) is 1. The maximum atomic E-state index is 9.29. The van der Waals surface area contributed by atoms with Crippen molar-refractivity contribution in [2.75, 3.05) is 33.4 Å². The summed E-state index contributed by atoms with van der Waals surface area (Å²) in [6.07, 6.45) is 4.21. The summed E-state index contributed by atoms with van der Waals surface area (Å²) in [5, 5.41) is 9.29. The number of piperidine rings is 1. The Kier molecular flexibility index (Phi) is 5.35. The van der Waals surface area contributed by atoms with Gasteiger partial charge in [-0.3, -0.25) is 0 Å². The van der Waals surface area contributed by atoms with E-state index in [0.29, 0.717) is 0 Å². The quantitative estimate of drug-likeness (QED) is 0.648. The van der Waals surface area contributed by atoms with Crippen molar-refractivity contribution >= 4 is 0 Å². The lowest BCUT2D eigenvalue weighted by molar-refractivity contribution is 0.0803. The molecule has 13 heavy (non-hydrogen) atoms. The van der Waals surface area contributed by atoms with Gasteiger partial charge in [0.05, 0.1) is 6.10 Å². The van der Waals surface area contributed by atoms with Crippen molar-refractivity contribution in [3.63, 3.8) is 0 Å². The van der Waals surface area contributed by atoms with Crippen molar-refractivity contribution in [2.24, 2.45) is 0 Å². The molecule has 3 heteroatoms. The van der Waals surface area contributed by atoms with Crippen molar-refractivity contribution in [1.82, 2.24) is 4.90 Å². The summed E-state index contributed by atoms with van der Waals surface area (Å²) in [4.78, 5) is 2.43. The molecule has 0 atom stereocenters. The Labute approximate surface area is 80.7 Å². The van der Waals surface area contributed by atoms with Gasteiger partial charge in [-0.15, -0.1) is 0 Å². The largest absolute Gasteiger partial charge is 0.393 e. The number of methoxy groups -OCH3 is 1. The molecule has 1 aliphatic rings. The summed E-state index contributed by atoms with van der Waals surface area (Å²) in [5.41, 5.74) is 0. The number of aliphatic hydroxyl groups excluding tert-OH is 1. The summed E-state index contributed by atoms with van der Waals surface area (Å²) >= 11 is 0. The second kappa shape index (κ2) is 6.35. The Hall–Kier alpha value is -0.120. The minimum atomic E-state index is -0.0461. The van der Waals surface area contributed by atoms with Gasteiger partial charge in [-0.2, -0.15) is 0 Å². The van der Waals surface area contributed by atoms with Crippen LogP contribution in [0, 0.1) is 0 Å². The van der Waals surface area contributed by atoms with E-state index in [1.807, 2.05) is 0 Å². The first kappa shape index (κ1) is 11.0. The van der Waals surface area contributed by atoms with Crippen LogP contribution in [-0.2, 0) is 4.74 Å². The van der Waals surface area contributed by atoms with E-state index in [-0.39, 0.29) is 6.10 Å². The fraction of sp³-hybridized carbons (Fsp3) is 1.00. The lowest BCUT2D eigenvalue weighted by Gasteiger charge is -2.29. The van der Waals surface area contributed by atoms with E-state index in [0.717, 1.165) is 45.5 Å². The Balaban J connectivity index is 1.96. The molecule has 0 aromatic carbocycles. The number of ether oxygens (including phenoxy) is 1. The lowest BCUT2D eigenvalue weighted by atomic mass is 10.1. The van der Waals surface area contributed by atoms with Crippen molar-refractivity contribution in [3.8, 4) is 0 Å². The van der Waals surface area contributed by atoms with Crippen LogP contribution in [0.3, 0.4) is 0 Å². The van der Waals surface area contributed by atoms with Gasteiger partial charge in [-0.25, -0.2) is 0 Å². The van der Waals surface area contributed by atoms with Crippen molar-refractivity contribution < 1.29 is 9.84 Å². The van der Waals surface area contributed by atoms with Crippen LogP contribution in [0.25, 0.3) is 0 Å². The number of aliphatic hydroxyl groups is 1. The molecule has 0 bridgehead atoms. The molecular formula is C10H21NO2. The molecule has 1 rings (SSSR count). The van der Waals surface area contributed by atoms with Gasteiger partial charge >= 0.3 is 0 Å². The van der Waals surface area contributed by atoms with Crippen LogP contribution in [0.4, 0.5) is 0 Å². The van der Waals surface area contributed by atoms with Gasteiger partial charge in [0.2, 0.25) is 0 Å². The molecule has 1 heterocycles. The van der Waals surface area contributed by atoms with Gasteiger partial charge in [0, 0.05) is 26.8 Å². The Morgan fingerprint density at radius 3 is 2.62 bits per heavy atom. The summed E-state index contributed by atoms with van der Waals surface area (Å²) in [6, 6.07) is 0. The molecule has 0 radical (unpaired) electrons. The second-order valence-corrected chi connectivity index (χ2v) is 3.77. The summed E-state index contributed by atoms with van der Waals surface area (Å²) < 4.78 is 4.99. The highest BCUT2D eigenvalue weighted by Gasteiger charge is 2.15. The molecule has 1 fully saturated rings. The molecule has 3 nitrogen and oxygen atoms in total. The van der Waals surface area contributed by atoms with Gasteiger partial charge < -0.3 is 14.7 Å². The molecule has 1 aliphatic heterocycles. The van der Waals surface area contributed by atoms with E-state index >= 15 is 0 Å². The van der Waals surface area contributed by atoms with Crippen LogP contribution in [-0.4, -0.2) is 49.5 Å². The van der Waals surface area contributed by atoms with Crippen LogP contribution in [0.15, 0.2) is 0 Å². The van der Waals surface area contributed by atoms with Crippen molar-refractivity contribution in [3.05, 3.63) is 0 Å². The number of hydrogen-bond donors (Lipinski definition) is 1. The molecule has 1 saturated heterocycles. The topological polar surface area (TPSA) is 32.7 Å². The molecule has 0 aromatic rings. The highest BCUT2D eigenvalue weighted by molar-refractivity contribution is 4.70. The first-order chi connectivity index (χ1) is 6.33. The summed E-state index contributed by atoms with van der Waals surface area (Å²) in [6.45, 7) is 4.16. The normalized spacial score (nSPS) is 20.8. The van der Waals surface area contributed by atoms with E-state index in [1.165, 1.54) is 6.42 Å². The summed E-state index contributed by atoms with van der Waals surface area (Å²) in [7, 11) is 1.75. The minimum absolute atomic E-state index is 0.0461. The maximum absolute atomic E-state index is 9.29. The Morgan fingerprint density at radius 2 is 2.00 bits per heavy atom. The first-order valence-corrected chi connectivity index (χ1v) is 5.22. The van der Waals surface area contributed by atoms with E-state index < -0.39 is 0 Å². The first-order valence-electron chi connectivity index (χ1n) is 5.22. The molecule has 0 aromatic heterocycles. The van der Waals surface area contributed by atoms with Crippen molar-refractivity contribution in [1.29, 1.82) is 0 Å². The number of nitrogens with zero attached hydrogens (tertiary/aromatic N) is 1. The summed E-state index contributed by atoms with van der Waals surface area (Å²) in [5.74, 6) is 0. The standard InChI is InChI=1S/C10H21NO2/c1-13-9-3-2-6-11-7-4-10(12)5-8-11/h10,12H,2-9H2,1H3. The van der Waals surface area contributed by atoms with E-state index in [4.69, 9.17) is 4.74 Å². The highest BCUT2D eigenvalue weighted by atomic mass is 16.5. The molecule has 0 spiro atoms. The van der Waals surface area contributed by atoms with Gasteiger partial charge in [-0.1, -0.05) is 0 Å². The van der Waals surface area contributed by atoms with Crippen molar-refractivity contribution in [2.45, 2.75) is 31.8 Å². The Morgan fingerprint density at radius 1 is 1.31 bits per heavy atom. The molecule has 0 unspecified atom stereocenters. The number of rotatable bonds is 5. The second-order valence-electron chi connectivity index (χ2n) is 3.77. The number of unbranched alkanes of at least 4 members (excludes halogenated alkanes) is 1. The lowest BCUT2D eigenvalue weighted by Crippen LogP contribution is -2.36. The molecular weight excluding hydrogens is 166 g/mol. The van der Waals surface area contributed by atoms with Gasteiger partial charge in [0.1, 0.15) is 0 Å². The third-order valence-electron chi connectivity index (χ3n) is 2.63. The van der Waals surface area contributed by atoms with E-state index in [9.17, 15) is 5.11 Å². The molecule has 0 amide bonds. The van der Waals surface area contributed by atoms with Crippen LogP contribution in [0.2, 0.25) is 0 Å². The number of hydrogen-bond acceptors (Lipinski definition) is 3. The minimum Gasteiger partial charge on any atom is -0.393 e.